The number of urea groups is 1. The molecule has 0 aliphatic heterocycles. The molecule has 0 radical (unpaired) electrons. The molecule has 5 nitrogen and oxygen atoms in total. The normalized spacial score (nSPS) is 10.0. The molecule has 2 rings (SSSR count). The van der Waals surface area contributed by atoms with Gasteiger partial charge in [-0.25, -0.2) is 9.59 Å². The van der Waals surface area contributed by atoms with Crippen LogP contribution in [0.2, 0.25) is 5.02 Å². The molecule has 0 fully saturated rings. The Morgan fingerprint density at radius 1 is 1.00 bits per heavy atom. The molecule has 0 aliphatic rings. The Morgan fingerprint density at radius 3 is 2.26 bits per heavy atom. The van der Waals surface area contributed by atoms with Gasteiger partial charge in [0.2, 0.25) is 0 Å². The number of ether oxygens (including phenoxy) is 1. The van der Waals surface area contributed by atoms with Crippen LogP contribution in [0.1, 0.15) is 21.5 Å². The first-order valence-corrected chi connectivity index (χ1v) is 7.39. The highest BCUT2D eigenvalue weighted by atomic mass is 35.5. The number of carbonyl (C=O) groups is 2. The molecule has 0 unspecified atom stereocenters. The molecule has 0 saturated carbocycles. The first-order chi connectivity index (χ1) is 11.1. The van der Waals surface area contributed by atoms with Crippen LogP contribution >= 0.6 is 11.6 Å². The second-order valence-electron chi connectivity index (χ2n) is 4.85. The summed E-state index contributed by atoms with van der Waals surface area (Å²) in [5.41, 5.74) is 2.28. The summed E-state index contributed by atoms with van der Waals surface area (Å²) in [5, 5.41) is 6.13. The van der Waals surface area contributed by atoms with Gasteiger partial charge in [0.05, 0.1) is 12.7 Å². The maximum absolute atomic E-state index is 11.8. The summed E-state index contributed by atoms with van der Waals surface area (Å²) < 4.78 is 4.63. The third-order valence-electron chi connectivity index (χ3n) is 3.17. The fourth-order valence-corrected chi connectivity index (χ4v) is 2.16. The lowest BCUT2D eigenvalue weighted by Crippen LogP contribution is -2.34. The second kappa shape index (κ2) is 8.19. The summed E-state index contributed by atoms with van der Waals surface area (Å²) in [4.78, 5) is 23.1. The van der Waals surface area contributed by atoms with Crippen molar-refractivity contribution in [2.45, 2.75) is 13.1 Å². The van der Waals surface area contributed by atoms with Gasteiger partial charge in [0, 0.05) is 18.1 Å². The SMILES string of the molecule is COC(=O)c1ccc(CNC(=O)NCc2cccc(Cl)c2)cc1. The summed E-state index contributed by atoms with van der Waals surface area (Å²) in [6, 6.07) is 13.9. The molecule has 0 heterocycles. The topological polar surface area (TPSA) is 67.4 Å². The number of esters is 1. The Balaban J connectivity index is 1.79. The lowest BCUT2D eigenvalue weighted by atomic mass is 10.1. The third-order valence-corrected chi connectivity index (χ3v) is 3.41. The van der Waals surface area contributed by atoms with Gasteiger partial charge >= 0.3 is 12.0 Å². The predicted octanol–water partition coefficient (Wildman–Crippen LogP) is 3.13. The minimum atomic E-state index is -0.385. The van der Waals surface area contributed by atoms with Crippen molar-refractivity contribution in [1.29, 1.82) is 0 Å². The monoisotopic (exact) mass is 332 g/mol. The van der Waals surface area contributed by atoms with Gasteiger partial charge in [0.15, 0.2) is 0 Å². The molecule has 6 heteroatoms. The van der Waals surface area contributed by atoms with Crippen LogP contribution in [0.15, 0.2) is 48.5 Å². The first kappa shape index (κ1) is 16.8. The molecular weight excluding hydrogens is 316 g/mol. The molecule has 0 spiro atoms. The van der Waals surface area contributed by atoms with E-state index in [0.29, 0.717) is 23.7 Å². The Morgan fingerprint density at radius 2 is 1.65 bits per heavy atom. The molecule has 2 N–H and O–H groups in total. The molecule has 0 aromatic heterocycles. The van der Waals surface area contributed by atoms with Gasteiger partial charge in [-0.15, -0.1) is 0 Å². The third kappa shape index (κ3) is 5.30. The van der Waals surface area contributed by atoms with E-state index in [9.17, 15) is 9.59 Å². The largest absolute Gasteiger partial charge is 0.465 e. The Bertz CT molecular complexity index is 686. The Labute approximate surface area is 139 Å². The number of nitrogens with one attached hydrogen (secondary N) is 2. The molecule has 2 aromatic rings. The van der Waals surface area contributed by atoms with Crippen molar-refractivity contribution in [2.75, 3.05) is 7.11 Å². The zero-order chi connectivity index (χ0) is 16.7. The molecule has 0 saturated heterocycles. The summed E-state index contributed by atoms with van der Waals surface area (Å²) in [7, 11) is 1.34. The van der Waals surface area contributed by atoms with Gasteiger partial charge in [-0.1, -0.05) is 35.9 Å². The average molecular weight is 333 g/mol. The number of amides is 2. The van der Waals surface area contributed by atoms with Gasteiger partial charge in [0.1, 0.15) is 0 Å². The van der Waals surface area contributed by atoms with E-state index in [1.807, 2.05) is 12.1 Å². The molecule has 0 atom stereocenters. The van der Waals surface area contributed by atoms with Gasteiger partial charge in [-0.3, -0.25) is 0 Å². The number of hydrogen-bond acceptors (Lipinski definition) is 3. The number of halogens is 1. The van der Waals surface area contributed by atoms with E-state index in [4.69, 9.17) is 11.6 Å². The number of carbonyl (C=O) groups excluding carboxylic acids is 2. The highest BCUT2D eigenvalue weighted by molar-refractivity contribution is 6.30. The van der Waals surface area contributed by atoms with Crippen LogP contribution in [-0.2, 0) is 17.8 Å². The minimum absolute atomic E-state index is 0.276. The van der Waals surface area contributed by atoms with E-state index >= 15 is 0 Å². The van der Waals surface area contributed by atoms with Crippen molar-refractivity contribution in [3.05, 3.63) is 70.2 Å². The van der Waals surface area contributed by atoms with E-state index in [1.54, 1.807) is 36.4 Å². The van der Waals surface area contributed by atoms with Crippen molar-refractivity contribution in [1.82, 2.24) is 10.6 Å². The molecule has 23 heavy (non-hydrogen) atoms. The van der Waals surface area contributed by atoms with Gasteiger partial charge < -0.3 is 15.4 Å². The predicted molar refractivity (Wildman–Crippen MR) is 88.3 cm³/mol. The van der Waals surface area contributed by atoms with E-state index < -0.39 is 0 Å². The molecular formula is C17H17ClN2O3. The van der Waals surface area contributed by atoms with Crippen LogP contribution in [0.4, 0.5) is 4.79 Å². The van der Waals surface area contributed by atoms with Crippen molar-refractivity contribution >= 4 is 23.6 Å². The summed E-state index contributed by atoms with van der Waals surface area (Å²) in [5.74, 6) is -0.385. The van der Waals surface area contributed by atoms with Crippen LogP contribution < -0.4 is 10.6 Å². The smallest absolute Gasteiger partial charge is 0.337 e. The maximum Gasteiger partial charge on any atom is 0.337 e. The zero-order valence-corrected chi connectivity index (χ0v) is 13.4. The number of benzene rings is 2. The zero-order valence-electron chi connectivity index (χ0n) is 12.6. The van der Waals surface area contributed by atoms with Gasteiger partial charge in [-0.2, -0.15) is 0 Å². The van der Waals surface area contributed by atoms with E-state index in [-0.39, 0.29) is 12.0 Å². The summed E-state index contributed by atoms with van der Waals surface area (Å²) >= 11 is 5.89. The van der Waals surface area contributed by atoms with Gasteiger partial charge in [0.25, 0.3) is 0 Å². The van der Waals surface area contributed by atoms with Crippen molar-refractivity contribution in [3.8, 4) is 0 Å². The summed E-state index contributed by atoms with van der Waals surface area (Å²) in [6.45, 7) is 0.760. The molecule has 2 amide bonds. The second-order valence-corrected chi connectivity index (χ2v) is 5.29. The lowest BCUT2D eigenvalue weighted by Gasteiger charge is -2.08. The molecule has 120 valence electrons. The fourth-order valence-electron chi connectivity index (χ4n) is 1.95. The molecule has 0 bridgehead atoms. The Kier molecular flexibility index (Phi) is 6.00. The van der Waals surface area contributed by atoms with Crippen molar-refractivity contribution in [2.24, 2.45) is 0 Å². The van der Waals surface area contributed by atoms with E-state index in [1.165, 1.54) is 7.11 Å². The van der Waals surface area contributed by atoms with Crippen molar-refractivity contribution in [3.63, 3.8) is 0 Å². The fraction of sp³-hybridized carbons (Fsp3) is 0.176. The molecule has 2 aromatic carbocycles. The van der Waals surface area contributed by atoms with E-state index in [0.717, 1.165) is 11.1 Å². The number of hydrogen-bond donors (Lipinski definition) is 2. The van der Waals surface area contributed by atoms with Crippen LogP contribution in [-0.4, -0.2) is 19.1 Å². The standard InChI is InChI=1S/C17H17ClN2O3/c1-23-16(21)14-7-5-12(6-8-14)10-19-17(22)20-11-13-3-2-4-15(18)9-13/h2-9H,10-11H2,1H3,(H2,19,20,22). The van der Waals surface area contributed by atoms with Gasteiger partial charge in [-0.05, 0) is 35.4 Å². The Hall–Kier alpha value is -2.53. The highest BCUT2D eigenvalue weighted by Crippen LogP contribution is 2.10. The van der Waals surface area contributed by atoms with Crippen LogP contribution in [0, 0.1) is 0 Å². The minimum Gasteiger partial charge on any atom is -0.465 e. The van der Waals surface area contributed by atoms with Crippen LogP contribution in [0.25, 0.3) is 0 Å². The number of methoxy groups -OCH3 is 1. The highest BCUT2D eigenvalue weighted by Gasteiger charge is 2.05. The van der Waals surface area contributed by atoms with E-state index in [2.05, 4.69) is 15.4 Å². The maximum atomic E-state index is 11.8. The first-order valence-electron chi connectivity index (χ1n) is 7.02. The van der Waals surface area contributed by atoms with Crippen molar-refractivity contribution < 1.29 is 14.3 Å². The molecule has 0 aliphatic carbocycles. The lowest BCUT2D eigenvalue weighted by molar-refractivity contribution is 0.0600. The van der Waals surface area contributed by atoms with Crippen LogP contribution in [0.5, 0.6) is 0 Å². The average Bonchev–Trinajstić information content (AvgIpc) is 2.58. The van der Waals surface area contributed by atoms with Crippen LogP contribution in [0.3, 0.4) is 0 Å². The quantitative estimate of drug-likeness (QED) is 0.827. The summed E-state index contributed by atoms with van der Waals surface area (Å²) in [6.07, 6.45) is 0. The number of rotatable bonds is 5.